The van der Waals surface area contributed by atoms with E-state index in [0.29, 0.717) is 23.0 Å². The number of hydrogen-bond donors (Lipinski definition) is 0. The Morgan fingerprint density at radius 1 is 0.433 bits per heavy atom. The number of ether oxygens (including phenoxy) is 4. The lowest BCUT2D eigenvalue weighted by Crippen LogP contribution is -2.28. The first-order chi connectivity index (χ1) is 29.3. The van der Waals surface area contributed by atoms with E-state index in [4.69, 9.17) is 42.1 Å². The highest BCUT2D eigenvalue weighted by molar-refractivity contribution is 6.32. The summed E-state index contributed by atoms with van der Waals surface area (Å²) in [4.78, 5) is 26.8. The van der Waals surface area contributed by atoms with Gasteiger partial charge in [0.1, 0.15) is 45.1 Å². The molecule has 0 atom stereocenters. The van der Waals surface area contributed by atoms with Gasteiger partial charge in [0.25, 0.3) is 0 Å². The lowest BCUT2D eigenvalue weighted by Gasteiger charge is -2.17. The average molecular weight is 834 g/mol. The second-order valence-corrected chi connectivity index (χ2v) is 14.7. The first kappa shape index (κ1) is 38.4. The maximum Gasteiger partial charge on any atom is 0.312 e. The smallest absolute Gasteiger partial charge is 0.312 e. The standard InChI is InChI=1S/2C24H17ClN2O3/c2*1-29-15-10-12-16(13-11-15)30-23-21(25)14-26-27(24(23)28)22-19-8-4-2-6-17(19)18-7-3-5-9-20(18)22/h2*2-14,22H,1H3. The van der Waals surface area contributed by atoms with E-state index in [2.05, 4.69) is 34.5 Å². The molecular formula is C48H34Cl2N4O6. The van der Waals surface area contributed by atoms with Gasteiger partial charge >= 0.3 is 11.1 Å². The molecule has 10 rings (SSSR count). The van der Waals surface area contributed by atoms with Crippen LogP contribution in [0, 0.1) is 0 Å². The van der Waals surface area contributed by atoms with Gasteiger partial charge in [-0.1, -0.05) is 120 Å². The molecule has 0 bridgehead atoms. The maximum atomic E-state index is 13.4. The molecule has 0 radical (unpaired) electrons. The molecule has 0 aliphatic heterocycles. The maximum absolute atomic E-state index is 13.4. The van der Waals surface area contributed by atoms with Crippen molar-refractivity contribution in [3.63, 3.8) is 0 Å². The van der Waals surface area contributed by atoms with Crippen LogP contribution in [0.3, 0.4) is 0 Å². The summed E-state index contributed by atoms with van der Waals surface area (Å²) in [5, 5.41) is 9.04. The number of benzene rings is 6. The van der Waals surface area contributed by atoms with Gasteiger partial charge in [-0.15, -0.1) is 0 Å². The van der Waals surface area contributed by atoms with Gasteiger partial charge in [0, 0.05) is 0 Å². The quantitative estimate of drug-likeness (QED) is 0.149. The molecule has 6 aromatic carbocycles. The highest BCUT2D eigenvalue weighted by atomic mass is 35.5. The van der Waals surface area contributed by atoms with Crippen molar-refractivity contribution >= 4 is 23.2 Å². The second-order valence-electron chi connectivity index (χ2n) is 13.9. The van der Waals surface area contributed by atoms with Crippen molar-refractivity contribution in [2.75, 3.05) is 14.2 Å². The molecule has 296 valence electrons. The molecule has 0 saturated carbocycles. The Morgan fingerprint density at radius 2 is 0.717 bits per heavy atom. The van der Waals surface area contributed by atoms with Crippen molar-refractivity contribution < 1.29 is 18.9 Å². The Morgan fingerprint density at radius 3 is 1.02 bits per heavy atom. The van der Waals surface area contributed by atoms with Crippen LogP contribution in [0.1, 0.15) is 34.3 Å². The van der Waals surface area contributed by atoms with Gasteiger partial charge in [0.2, 0.25) is 11.5 Å². The lowest BCUT2D eigenvalue weighted by molar-refractivity contribution is 0.412. The molecule has 0 unspecified atom stereocenters. The fourth-order valence-electron chi connectivity index (χ4n) is 7.72. The van der Waals surface area contributed by atoms with Gasteiger partial charge in [0.05, 0.1) is 26.6 Å². The minimum atomic E-state index is -0.394. The van der Waals surface area contributed by atoms with Crippen LogP contribution in [0.25, 0.3) is 22.3 Å². The SMILES string of the molecule is COc1ccc(Oc2c(Cl)cnn(C3c4ccccc4-c4ccccc43)c2=O)cc1.COc1ccc(Oc2c(Cl)cnn(C3c4ccccc4-c4ccccc43)c2=O)cc1. The zero-order valence-corrected chi connectivity index (χ0v) is 33.7. The first-order valence-electron chi connectivity index (χ1n) is 18.9. The average Bonchev–Trinajstić information content (AvgIpc) is 3.80. The minimum Gasteiger partial charge on any atom is -0.497 e. The molecule has 12 heteroatoms. The Kier molecular flexibility index (Phi) is 10.4. The molecule has 2 aromatic heterocycles. The number of aromatic nitrogens is 4. The monoisotopic (exact) mass is 832 g/mol. The van der Waals surface area contributed by atoms with Crippen LogP contribution in [-0.2, 0) is 0 Å². The van der Waals surface area contributed by atoms with E-state index in [1.165, 1.54) is 21.8 Å². The van der Waals surface area contributed by atoms with Crippen molar-refractivity contribution in [3.05, 3.63) is 211 Å². The molecule has 0 saturated heterocycles. The zero-order valence-electron chi connectivity index (χ0n) is 32.2. The summed E-state index contributed by atoms with van der Waals surface area (Å²) < 4.78 is 24.9. The molecule has 0 spiro atoms. The third-order valence-corrected chi connectivity index (χ3v) is 11.0. The summed E-state index contributed by atoms with van der Waals surface area (Å²) in [6.07, 6.45) is 2.90. The third kappa shape index (κ3) is 6.95. The van der Waals surface area contributed by atoms with Crippen LogP contribution in [-0.4, -0.2) is 33.8 Å². The Labute approximate surface area is 354 Å². The van der Waals surface area contributed by atoms with Gasteiger partial charge in [0.15, 0.2) is 0 Å². The number of halogens is 2. The summed E-state index contributed by atoms with van der Waals surface area (Å²) in [5.74, 6) is 2.44. The fourth-order valence-corrected chi connectivity index (χ4v) is 8.05. The van der Waals surface area contributed by atoms with Gasteiger partial charge in [-0.05, 0) is 93.0 Å². The lowest BCUT2D eigenvalue weighted by atomic mass is 10.1. The summed E-state index contributed by atoms with van der Waals surface area (Å²) in [6, 6.07) is 45.4. The molecule has 10 nitrogen and oxygen atoms in total. The number of nitrogens with zero attached hydrogens (tertiary/aromatic N) is 4. The molecule has 8 aromatic rings. The van der Waals surface area contributed by atoms with Gasteiger partial charge in [-0.2, -0.15) is 10.2 Å². The van der Waals surface area contributed by atoms with E-state index >= 15 is 0 Å². The van der Waals surface area contributed by atoms with Gasteiger partial charge in [-0.25, -0.2) is 9.36 Å². The Balaban J connectivity index is 0.000000154. The van der Waals surface area contributed by atoms with E-state index in [1.54, 1.807) is 62.8 Å². The van der Waals surface area contributed by atoms with Crippen LogP contribution in [0.5, 0.6) is 34.5 Å². The van der Waals surface area contributed by atoms with Crippen LogP contribution >= 0.6 is 23.2 Å². The Bertz CT molecular complexity index is 2710. The molecule has 0 fully saturated rings. The largest absolute Gasteiger partial charge is 0.497 e. The number of fused-ring (bicyclic) bond motifs is 6. The highest BCUT2D eigenvalue weighted by Crippen LogP contribution is 2.46. The van der Waals surface area contributed by atoms with Crippen molar-refractivity contribution in [2.45, 2.75) is 12.1 Å². The third-order valence-electron chi connectivity index (χ3n) is 10.5. The normalized spacial score (nSPS) is 12.3. The van der Waals surface area contributed by atoms with Crippen LogP contribution in [0.2, 0.25) is 10.0 Å². The number of rotatable bonds is 8. The highest BCUT2D eigenvalue weighted by Gasteiger charge is 2.33. The second kappa shape index (κ2) is 16.2. The molecule has 2 aliphatic carbocycles. The summed E-state index contributed by atoms with van der Waals surface area (Å²) in [5.41, 5.74) is 7.68. The van der Waals surface area contributed by atoms with E-state index < -0.39 is 11.1 Å². The summed E-state index contributed by atoms with van der Waals surface area (Å²) >= 11 is 12.6. The molecule has 0 N–H and O–H groups in total. The van der Waals surface area contributed by atoms with Gasteiger partial charge < -0.3 is 18.9 Å². The number of methoxy groups -OCH3 is 2. The number of hydrogen-bond acceptors (Lipinski definition) is 8. The van der Waals surface area contributed by atoms with E-state index in [-0.39, 0.29) is 33.6 Å². The predicted molar refractivity (Wildman–Crippen MR) is 231 cm³/mol. The van der Waals surface area contributed by atoms with Crippen molar-refractivity contribution in [1.29, 1.82) is 0 Å². The zero-order chi connectivity index (χ0) is 41.3. The van der Waals surface area contributed by atoms with E-state index in [9.17, 15) is 9.59 Å². The van der Waals surface area contributed by atoms with Crippen LogP contribution in [0.15, 0.2) is 168 Å². The molecule has 60 heavy (non-hydrogen) atoms. The first-order valence-corrected chi connectivity index (χ1v) is 19.6. The van der Waals surface area contributed by atoms with Crippen LogP contribution in [0.4, 0.5) is 0 Å². The predicted octanol–water partition coefficient (Wildman–Crippen LogP) is 10.6. The molecule has 2 heterocycles. The van der Waals surface area contributed by atoms with Crippen LogP contribution < -0.4 is 30.1 Å². The minimum absolute atomic E-state index is 0.0405. The summed E-state index contributed by atoms with van der Waals surface area (Å²) in [7, 11) is 3.18. The van der Waals surface area contributed by atoms with Crippen molar-refractivity contribution in [3.8, 4) is 56.8 Å². The topological polar surface area (TPSA) is 107 Å². The van der Waals surface area contributed by atoms with Crippen molar-refractivity contribution in [2.24, 2.45) is 0 Å². The Hall–Kier alpha value is -7.14. The van der Waals surface area contributed by atoms with Crippen molar-refractivity contribution in [1.82, 2.24) is 19.6 Å². The molecule has 2 aliphatic rings. The van der Waals surface area contributed by atoms with E-state index in [0.717, 1.165) is 44.5 Å². The molecule has 0 amide bonds. The van der Waals surface area contributed by atoms with E-state index in [1.807, 2.05) is 72.8 Å². The fraction of sp³-hybridized carbons (Fsp3) is 0.0833. The summed E-state index contributed by atoms with van der Waals surface area (Å²) in [6.45, 7) is 0. The van der Waals surface area contributed by atoms with Gasteiger partial charge in [-0.3, -0.25) is 9.59 Å². The molecular weight excluding hydrogens is 799 g/mol.